The fourth-order valence-electron chi connectivity index (χ4n) is 2.81. The molecule has 0 bridgehead atoms. The van der Waals surface area contributed by atoms with Gasteiger partial charge in [-0.15, -0.1) is 0 Å². The number of ether oxygens (including phenoxy) is 1. The van der Waals surface area contributed by atoms with Crippen LogP contribution in [0.5, 0.6) is 0 Å². The van der Waals surface area contributed by atoms with Gasteiger partial charge in [-0.05, 0) is 52.3 Å². The molecule has 0 saturated heterocycles. The van der Waals surface area contributed by atoms with Crippen LogP contribution in [0.4, 0.5) is 5.82 Å². The summed E-state index contributed by atoms with van der Waals surface area (Å²) < 4.78 is 7.08. The van der Waals surface area contributed by atoms with Gasteiger partial charge in [-0.2, -0.15) is 5.10 Å². The highest BCUT2D eigenvalue weighted by Gasteiger charge is 2.21. The SMILES string of the molecule is CC[C@@H](C)n1nccc1NC(=O)[C@H](C)OC(=O)c1ccc2nc(C)c(C)nc2c1. The van der Waals surface area contributed by atoms with Gasteiger partial charge in [0.05, 0.1) is 40.2 Å². The van der Waals surface area contributed by atoms with Crippen molar-refractivity contribution in [2.75, 3.05) is 5.32 Å². The van der Waals surface area contributed by atoms with E-state index >= 15 is 0 Å². The molecule has 3 rings (SSSR count). The number of carbonyl (C=O) groups is 2. The number of nitrogens with one attached hydrogen (secondary N) is 1. The van der Waals surface area contributed by atoms with Crippen molar-refractivity contribution in [2.45, 2.75) is 53.2 Å². The number of rotatable bonds is 6. The summed E-state index contributed by atoms with van der Waals surface area (Å²) in [6.07, 6.45) is 1.53. The second kappa shape index (κ2) is 8.38. The minimum Gasteiger partial charge on any atom is -0.449 e. The maximum Gasteiger partial charge on any atom is 0.338 e. The highest BCUT2D eigenvalue weighted by atomic mass is 16.5. The van der Waals surface area contributed by atoms with Crippen molar-refractivity contribution in [3.63, 3.8) is 0 Å². The van der Waals surface area contributed by atoms with Crippen molar-refractivity contribution in [1.82, 2.24) is 19.7 Å². The number of amides is 1. The van der Waals surface area contributed by atoms with Gasteiger partial charge in [-0.1, -0.05) is 6.92 Å². The third kappa shape index (κ3) is 4.42. The minimum atomic E-state index is -0.968. The molecule has 1 amide bonds. The van der Waals surface area contributed by atoms with Crippen LogP contribution in [-0.2, 0) is 9.53 Å². The summed E-state index contributed by atoms with van der Waals surface area (Å²) in [7, 11) is 0. The Labute approximate surface area is 169 Å². The summed E-state index contributed by atoms with van der Waals surface area (Å²) in [6.45, 7) is 9.34. The van der Waals surface area contributed by atoms with Crippen LogP contribution in [0.1, 0.15) is 55.0 Å². The molecule has 1 aromatic carbocycles. The average Bonchev–Trinajstić information content (AvgIpc) is 3.15. The fourth-order valence-corrected chi connectivity index (χ4v) is 2.81. The summed E-state index contributed by atoms with van der Waals surface area (Å²) in [5.74, 6) is -0.445. The maximum atomic E-state index is 12.5. The Kier molecular flexibility index (Phi) is 5.91. The van der Waals surface area contributed by atoms with Gasteiger partial charge in [0.2, 0.25) is 0 Å². The van der Waals surface area contributed by atoms with Crippen LogP contribution in [0, 0.1) is 13.8 Å². The zero-order valence-electron chi connectivity index (χ0n) is 17.3. The molecule has 1 N–H and O–H groups in total. The summed E-state index contributed by atoms with van der Waals surface area (Å²) in [4.78, 5) is 33.9. The number of hydrogen-bond donors (Lipinski definition) is 1. The molecule has 29 heavy (non-hydrogen) atoms. The molecule has 2 atom stereocenters. The van der Waals surface area contributed by atoms with E-state index < -0.39 is 18.0 Å². The van der Waals surface area contributed by atoms with Crippen LogP contribution >= 0.6 is 0 Å². The van der Waals surface area contributed by atoms with E-state index in [4.69, 9.17) is 4.74 Å². The summed E-state index contributed by atoms with van der Waals surface area (Å²) in [5, 5.41) is 7.00. The van der Waals surface area contributed by atoms with Crippen LogP contribution in [0.2, 0.25) is 0 Å². The van der Waals surface area contributed by atoms with E-state index in [1.165, 1.54) is 6.92 Å². The molecule has 0 aliphatic rings. The molecule has 0 aliphatic carbocycles. The van der Waals surface area contributed by atoms with Crippen LogP contribution in [-0.4, -0.2) is 37.7 Å². The fraction of sp³-hybridized carbons (Fsp3) is 0.381. The van der Waals surface area contributed by atoms with Gasteiger partial charge >= 0.3 is 5.97 Å². The van der Waals surface area contributed by atoms with E-state index in [0.29, 0.717) is 22.4 Å². The van der Waals surface area contributed by atoms with Crippen molar-refractivity contribution < 1.29 is 14.3 Å². The van der Waals surface area contributed by atoms with Crippen molar-refractivity contribution in [3.8, 4) is 0 Å². The van der Waals surface area contributed by atoms with Gasteiger partial charge in [0.25, 0.3) is 5.91 Å². The van der Waals surface area contributed by atoms with Crippen molar-refractivity contribution in [3.05, 3.63) is 47.4 Å². The molecule has 3 aromatic rings. The predicted octanol–water partition coefficient (Wildman–Crippen LogP) is 3.60. The van der Waals surface area contributed by atoms with E-state index in [1.807, 2.05) is 27.7 Å². The summed E-state index contributed by atoms with van der Waals surface area (Å²) in [5.41, 5.74) is 3.27. The Morgan fingerprint density at radius 1 is 1.10 bits per heavy atom. The second-order valence-electron chi connectivity index (χ2n) is 7.05. The lowest BCUT2D eigenvalue weighted by molar-refractivity contribution is -0.123. The van der Waals surface area contributed by atoms with Crippen molar-refractivity contribution in [1.29, 1.82) is 0 Å². The second-order valence-corrected chi connectivity index (χ2v) is 7.05. The Balaban J connectivity index is 1.70. The number of fused-ring (bicyclic) bond motifs is 1. The van der Waals surface area contributed by atoms with Gasteiger partial charge in [-0.25, -0.2) is 19.4 Å². The monoisotopic (exact) mass is 395 g/mol. The van der Waals surface area contributed by atoms with Gasteiger partial charge < -0.3 is 10.1 Å². The Bertz CT molecular complexity index is 1060. The summed E-state index contributed by atoms with van der Waals surface area (Å²) >= 11 is 0. The number of hydrogen-bond acceptors (Lipinski definition) is 6. The predicted molar refractivity (Wildman–Crippen MR) is 110 cm³/mol. The van der Waals surface area contributed by atoms with E-state index in [0.717, 1.165) is 17.8 Å². The first-order valence-corrected chi connectivity index (χ1v) is 9.60. The lowest BCUT2D eigenvalue weighted by atomic mass is 10.2. The van der Waals surface area contributed by atoms with Crippen LogP contribution in [0.25, 0.3) is 11.0 Å². The Morgan fingerprint density at radius 2 is 1.79 bits per heavy atom. The molecule has 8 nitrogen and oxygen atoms in total. The number of aromatic nitrogens is 4. The highest BCUT2D eigenvalue weighted by molar-refractivity contribution is 5.98. The Hall–Kier alpha value is -3.29. The first-order valence-electron chi connectivity index (χ1n) is 9.60. The van der Waals surface area contributed by atoms with Crippen LogP contribution < -0.4 is 5.32 Å². The molecule has 0 saturated carbocycles. The van der Waals surface area contributed by atoms with Gasteiger partial charge in [0.1, 0.15) is 5.82 Å². The summed E-state index contributed by atoms with van der Waals surface area (Å²) in [6, 6.07) is 6.83. The number of aryl methyl sites for hydroxylation is 2. The molecule has 8 heteroatoms. The lowest BCUT2D eigenvalue weighted by Gasteiger charge is -2.17. The molecular formula is C21H25N5O3. The topological polar surface area (TPSA) is 99.0 Å². The van der Waals surface area contributed by atoms with Gasteiger partial charge in [0, 0.05) is 6.07 Å². The van der Waals surface area contributed by atoms with Crippen LogP contribution in [0.3, 0.4) is 0 Å². The van der Waals surface area contributed by atoms with E-state index in [9.17, 15) is 9.59 Å². The first kappa shape index (κ1) is 20.4. The Morgan fingerprint density at radius 3 is 2.48 bits per heavy atom. The van der Waals surface area contributed by atoms with Crippen molar-refractivity contribution >= 4 is 28.7 Å². The normalized spacial score (nSPS) is 13.1. The molecule has 0 radical (unpaired) electrons. The van der Waals surface area contributed by atoms with Crippen LogP contribution in [0.15, 0.2) is 30.5 Å². The molecule has 152 valence electrons. The average molecular weight is 395 g/mol. The number of anilines is 1. The highest BCUT2D eigenvalue weighted by Crippen LogP contribution is 2.18. The molecule has 0 unspecified atom stereocenters. The lowest BCUT2D eigenvalue weighted by Crippen LogP contribution is -2.31. The molecule has 0 fully saturated rings. The number of benzene rings is 1. The third-order valence-corrected chi connectivity index (χ3v) is 4.89. The van der Waals surface area contributed by atoms with Gasteiger partial charge in [-0.3, -0.25) is 4.79 Å². The molecule has 2 aromatic heterocycles. The molecule has 2 heterocycles. The van der Waals surface area contributed by atoms with Crippen molar-refractivity contribution in [2.24, 2.45) is 0 Å². The first-order chi connectivity index (χ1) is 13.8. The number of carbonyl (C=O) groups excluding carboxylic acids is 2. The van der Waals surface area contributed by atoms with Gasteiger partial charge in [0.15, 0.2) is 6.10 Å². The van der Waals surface area contributed by atoms with E-state index in [2.05, 4.69) is 20.4 Å². The maximum absolute atomic E-state index is 12.5. The molecule has 0 spiro atoms. The van der Waals surface area contributed by atoms with E-state index in [-0.39, 0.29) is 6.04 Å². The zero-order chi connectivity index (χ0) is 21.1. The largest absolute Gasteiger partial charge is 0.449 e. The minimum absolute atomic E-state index is 0.143. The quantitative estimate of drug-likeness (QED) is 0.640. The number of esters is 1. The number of nitrogens with zero attached hydrogens (tertiary/aromatic N) is 4. The smallest absolute Gasteiger partial charge is 0.338 e. The standard InChI is InChI=1S/C21H25N5O3/c1-6-12(2)26-19(9-10-22-26)25-20(27)15(5)29-21(28)16-7-8-17-18(11-16)24-14(4)13(3)23-17/h7-12,15H,6H2,1-5H3,(H,25,27)/t12-,15+/m1/s1. The molecule has 0 aliphatic heterocycles. The molecular weight excluding hydrogens is 370 g/mol. The van der Waals surface area contributed by atoms with E-state index in [1.54, 1.807) is 35.1 Å². The third-order valence-electron chi connectivity index (χ3n) is 4.89. The zero-order valence-corrected chi connectivity index (χ0v) is 17.3.